The molecule has 0 fully saturated rings. The third-order valence-electron chi connectivity index (χ3n) is 2.62. The van der Waals surface area contributed by atoms with Gasteiger partial charge in [0.25, 0.3) is 11.7 Å². The summed E-state index contributed by atoms with van der Waals surface area (Å²) in [7, 11) is 0. The van der Waals surface area contributed by atoms with Crippen LogP contribution in [0.5, 0.6) is 5.75 Å². The summed E-state index contributed by atoms with van der Waals surface area (Å²) in [5.74, 6) is -2.45. The smallest absolute Gasteiger partial charge is 0.288 e. The third-order valence-corrected chi connectivity index (χ3v) is 4.09. The first-order chi connectivity index (χ1) is 10.9. The van der Waals surface area contributed by atoms with Crippen molar-refractivity contribution in [3.63, 3.8) is 0 Å². The van der Waals surface area contributed by atoms with E-state index in [1.165, 1.54) is 18.2 Å². The highest BCUT2D eigenvalue weighted by atomic mass is 35.5. The fraction of sp³-hybridized carbons (Fsp3) is 0.133. The Balaban J connectivity index is 1.85. The highest BCUT2D eigenvalue weighted by Gasteiger charge is 2.07. The number of rotatable bonds is 6. The molecule has 2 aromatic rings. The van der Waals surface area contributed by atoms with Gasteiger partial charge in [0.15, 0.2) is 6.61 Å². The van der Waals surface area contributed by atoms with Crippen LogP contribution < -0.4 is 10.1 Å². The van der Waals surface area contributed by atoms with Gasteiger partial charge in [0, 0.05) is 16.6 Å². The van der Waals surface area contributed by atoms with Gasteiger partial charge in [-0.3, -0.25) is 4.79 Å². The summed E-state index contributed by atoms with van der Waals surface area (Å²) in [4.78, 5) is 12.2. The van der Waals surface area contributed by atoms with Gasteiger partial charge in [-0.25, -0.2) is 0 Å². The molecule has 1 N–H and O–H groups in total. The van der Waals surface area contributed by atoms with Crippen molar-refractivity contribution in [2.24, 2.45) is 0 Å². The Hall–Kier alpha value is -1.50. The summed E-state index contributed by atoms with van der Waals surface area (Å²) >= 11 is 12.1. The van der Waals surface area contributed by atoms with E-state index in [1.807, 2.05) is 0 Å². The molecule has 2 rings (SSSR count). The minimum absolute atomic E-state index is 0.217. The monoisotopic (exact) mass is 377 g/mol. The number of carbonyl (C=O) groups excluding carboxylic acids is 1. The topological polar surface area (TPSA) is 38.3 Å². The lowest BCUT2D eigenvalue weighted by atomic mass is 10.3. The zero-order chi connectivity index (χ0) is 16.8. The lowest BCUT2D eigenvalue weighted by molar-refractivity contribution is -0.118. The zero-order valence-corrected chi connectivity index (χ0v) is 13.9. The minimum Gasteiger partial charge on any atom is -0.484 e. The van der Waals surface area contributed by atoms with Crippen LogP contribution in [0.15, 0.2) is 47.4 Å². The van der Waals surface area contributed by atoms with Gasteiger partial charge < -0.3 is 10.1 Å². The van der Waals surface area contributed by atoms with Crippen molar-refractivity contribution in [1.82, 2.24) is 0 Å². The molecule has 3 nitrogen and oxygen atoms in total. The van der Waals surface area contributed by atoms with Crippen molar-refractivity contribution < 1.29 is 18.3 Å². The number of alkyl halides is 2. The number of anilines is 1. The lowest BCUT2D eigenvalue weighted by Gasteiger charge is -2.09. The van der Waals surface area contributed by atoms with E-state index >= 15 is 0 Å². The normalized spacial score (nSPS) is 10.7. The third kappa shape index (κ3) is 5.89. The van der Waals surface area contributed by atoms with Gasteiger partial charge in [-0.1, -0.05) is 35.0 Å². The summed E-state index contributed by atoms with van der Waals surface area (Å²) in [6.45, 7) is -0.217. The van der Waals surface area contributed by atoms with Crippen LogP contribution in [0.25, 0.3) is 0 Å². The van der Waals surface area contributed by atoms with Gasteiger partial charge in [0.1, 0.15) is 5.75 Å². The lowest BCUT2D eigenvalue weighted by Crippen LogP contribution is -2.20. The second-order valence-electron chi connectivity index (χ2n) is 4.32. The molecule has 23 heavy (non-hydrogen) atoms. The molecule has 0 unspecified atom stereocenters. The van der Waals surface area contributed by atoms with Gasteiger partial charge >= 0.3 is 0 Å². The first kappa shape index (κ1) is 17.8. The summed E-state index contributed by atoms with van der Waals surface area (Å²) < 4.78 is 29.7. The predicted octanol–water partition coefficient (Wildman–Crippen LogP) is 5.33. The van der Waals surface area contributed by atoms with Crippen LogP contribution in [0.1, 0.15) is 0 Å². The van der Waals surface area contributed by atoms with Crippen LogP contribution in [-0.2, 0) is 4.79 Å². The van der Waals surface area contributed by atoms with E-state index in [1.54, 1.807) is 24.3 Å². The molecule has 8 heteroatoms. The maximum absolute atomic E-state index is 12.2. The molecular weight excluding hydrogens is 367 g/mol. The molecule has 0 aliphatic carbocycles. The number of ether oxygens (including phenoxy) is 1. The van der Waals surface area contributed by atoms with E-state index < -0.39 is 5.76 Å². The van der Waals surface area contributed by atoms with E-state index in [4.69, 9.17) is 27.9 Å². The molecule has 0 atom stereocenters. The average molecular weight is 378 g/mol. The molecule has 0 bridgehead atoms. The number of amides is 1. The number of nitrogens with one attached hydrogen (secondary N) is 1. The number of carbonyl (C=O) groups is 1. The number of benzene rings is 2. The molecule has 1 amide bonds. The average Bonchev–Trinajstić information content (AvgIpc) is 2.50. The molecule has 122 valence electrons. The summed E-state index contributed by atoms with van der Waals surface area (Å²) in [6, 6.07) is 10.8. The summed E-state index contributed by atoms with van der Waals surface area (Å²) in [5.41, 5.74) is 0.492. The Morgan fingerprint density at radius 3 is 2.43 bits per heavy atom. The van der Waals surface area contributed by atoms with Gasteiger partial charge in [-0.15, -0.1) is 0 Å². The largest absolute Gasteiger partial charge is 0.484 e. The van der Waals surface area contributed by atoms with Gasteiger partial charge in [-0.05, 0) is 36.4 Å². The molecule has 0 aliphatic heterocycles. The van der Waals surface area contributed by atoms with Gasteiger partial charge in [0.05, 0.1) is 10.0 Å². The molecule has 0 heterocycles. The Bertz CT molecular complexity index is 684. The fourth-order valence-corrected chi connectivity index (χ4v) is 2.42. The van der Waals surface area contributed by atoms with Crippen LogP contribution in [0.4, 0.5) is 14.5 Å². The maximum atomic E-state index is 12.2. The zero-order valence-electron chi connectivity index (χ0n) is 11.6. The van der Waals surface area contributed by atoms with E-state index in [0.717, 1.165) is 0 Å². The fourth-order valence-electron chi connectivity index (χ4n) is 1.63. The van der Waals surface area contributed by atoms with Gasteiger partial charge in [0.2, 0.25) is 0 Å². The molecule has 0 radical (unpaired) electrons. The molecule has 0 saturated carbocycles. The Morgan fingerprint density at radius 1 is 1.13 bits per heavy atom. The van der Waals surface area contributed by atoms with Gasteiger partial charge in [-0.2, -0.15) is 8.78 Å². The maximum Gasteiger partial charge on any atom is 0.288 e. The van der Waals surface area contributed by atoms with Crippen molar-refractivity contribution in [3.8, 4) is 5.75 Å². The number of hydrogen-bond donors (Lipinski definition) is 1. The minimum atomic E-state index is -2.48. The number of thioether (sulfide) groups is 1. The Labute approximate surface area is 145 Å². The molecule has 0 aliphatic rings. The molecule has 0 aromatic heterocycles. The van der Waals surface area contributed by atoms with Crippen LogP contribution >= 0.6 is 35.0 Å². The first-order valence-corrected chi connectivity index (χ1v) is 8.00. The predicted molar refractivity (Wildman–Crippen MR) is 88.9 cm³/mol. The van der Waals surface area contributed by atoms with Crippen molar-refractivity contribution >= 4 is 46.6 Å². The van der Waals surface area contributed by atoms with Crippen LogP contribution in [0.3, 0.4) is 0 Å². The van der Waals surface area contributed by atoms with Crippen molar-refractivity contribution in [3.05, 3.63) is 52.5 Å². The molecular formula is C15H11Cl2F2NO2S. The highest BCUT2D eigenvalue weighted by molar-refractivity contribution is 7.99. The molecule has 2 aromatic carbocycles. The van der Waals surface area contributed by atoms with Crippen LogP contribution in [-0.4, -0.2) is 18.3 Å². The highest BCUT2D eigenvalue weighted by Crippen LogP contribution is 2.27. The standard InChI is InChI=1S/C15H11Cl2F2NO2S/c16-12-6-3-10(7-13(12)17)22-8-14(21)20-9-1-4-11(5-2-9)23-15(18)19/h1-7,15H,8H2,(H,20,21). The van der Waals surface area contributed by atoms with Crippen molar-refractivity contribution in [1.29, 1.82) is 0 Å². The summed E-state index contributed by atoms with van der Waals surface area (Å²) in [6.07, 6.45) is 0. The van der Waals surface area contributed by atoms with E-state index in [2.05, 4.69) is 5.32 Å². The quantitative estimate of drug-likeness (QED) is 0.691. The van der Waals surface area contributed by atoms with Crippen molar-refractivity contribution in [2.45, 2.75) is 10.7 Å². The Morgan fingerprint density at radius 2 is 1.83 bits per heavy atom. The SMILES string of the molecule is O=C(COc1ccc(Cl)c(Cl)c1)Nc1ccc(SC(F)F)cc1. The first-order valence-electron chi connectivity index (χ1n) is 6.36. The molecule has 0 spiro atoms. The van der Waals surface area contributed by atoms with Crippen LogP contribution in [0.2, 0.25) is 10.0 Å². The molecule has 0 saturated heterocycles. The Kier molecular flexibility index (Phi) is 6.50. The summed E-state index contributed by atoms with van der Waals surface area (Å²) in [5, 5.41) is 3.32. The second-order valence-corrected chi connectivity index (χ2v) is 6.19. The van der Waals surface area contributed by atoms with Crippen molar-refractivity contribution in [2.75, 3.05) is 11.9 Å². The van der Waals surface area contributed by atoms with E-state index in [9.17, 15) is 13.6 Å². The van der Waals surface area contributed by atoms with Crippen LogP contribution in [0, 0.1) is 0 Å². The number of halogens is 4. The van der Waals surface area contributed by atoms with E-state index in [0.29, 0.717) is 38.1 Å². The number of hydrogen-bond acceptors (Lipinski definition) is 3. The second kappa shape index (κ2) is 8.38. The van der Waals surface area contributed by atoms with E-state index in [-0.39, 0.29) is 12.5 Å².